The van der Waals surface area contributed by atoms with E-state index in [9.17, 15) is 18.0 Å². The fourth-order valence-electron chi connectivity index (χ4n) is 2.41. The molecule has 0 saturated heterocycles. The van der Waals surface area contributed by atoms with Gasteiger partial charge in [0, 0.05) is 0 Å². The Bertz CT molecular complexity index is 483. The highest BCUT2D eigenvalue weighted by Crippen LogP contribution is 2.36. The Morgan fingerprint density at radius 2 is 1.72 bits per heavy atom. The van der Waals surface area contributed by atoms with E-state index in [0.717, 1.165) is 12.8 Å². The first-order chi connectivity index (χ1) is 8.45. The number of pyridine rings is 1. The summed E-state index contributed by atoms with van der Waals surface area (Å²) in [4.78, 5) is 14.4. The maximum atomic E-state index is 12.9. The van der Waals surface area contributed by atoms with Crippen LogP contribution in [0.1, 0.15) is 46.4 Å². The Morgan fingerprint density at radius 1 is 1.11 bits per heavy atom. The number of nitrogen functional groups attached to an aromatic ring is 1. The predicted octanol–water partition coefficient (Wildman–Crippen LogP) is 2.76. The van der Waals surface area contributed by atoms with Gasteiger partial charge in [0.05, 0.1) is 5.56 Å². The van der Waals surface area contributed by atoms with Crippen LogP contribution in [0.3, 0.4) is 0 Å². The van der Waals surface area contributed by atoms with Gasteiger partial charge in [0.1, 0.15) is 11.5 Å². The second-order valence-corrected chi connectivity index (χ2v) is 4.39. The Balaban J connectivity index is 2.70. The number of hydrogen-bond donors (Lipinski definition) is 1. The number of halogens is 3. The molecule has 18 heavy (non-hydrogen) atoms. The Hall–Kier alpha value is -1.59. The smallest absolute Gasteiger partial charge is 0.383 e. The summed E-state index contributed by atoms with van der Waals surface area (Å²) in [6.45, 7) is 0. The maximum absolute atomic E-state index is 12.9. The maximum Gasteiger partial charge on any atom is 0.433 e. The van der Waals surface area contributed by atoms with Crippen LogP contribution >= 0.6 is 0 Å². The van der Waals surface area contributed by atoms with Crippen molar-refractivity contribution < 1.29 is 18.0 Å². The van der Waals surface area contributed by atoms with Crippen molar-refractivity contribution in [2.24, 2.45) is 0 Å². The number of alkyl halides is 3. The molecule has 0 radical (unpaired) electrons. The van der Waals surface area contributed by atoms with E-state index in [1.165, 1.54) is 0 Å². The normalized spacial score (nSPS) is 15.9. The lowest BCUT2D eigenvalue weighted by molar-refractivity contribution is -0.141. The van der Waals surface area contributed by atoms with E-state index in [1.54, 1.807) is 0 Å². The minimum absolute atomic E-state index is 0.125. The Kier molecular flexibility index (Phi) is 3.28. The lowest BCUT2D eigenvalue weighted by Gasteiger charge is -2.17. The molecule has 2 rings (SSSR count). The molecule has 6 heteroatoms. The summed E-state index contributed by atoms with van der Waals surface area (Å²) < 4.78 is 38.8. The highest BCUT2D eigenvalue weighted by molar-refractivity contribution is 5.85. The van der Waals surface area contributed by atoms with Crippen molar-refractivity contribution in [3.63, 3.8) is 0 Å². The molecule has 0 atom stereocenters. The van der Waals surface area contributed by atoms with Crippen molar-refractivity contribution in [1.29, 1.82) is 0 Å². The van der Waals surface area contributed by atoms with E-state index in [1.807, 2.05) is 0 Å². The molecule has 1 aromatic rings. The lowest BCUT2D eigenvalue weighted by Crippen LogP contribution is -2.17. The molecular weight excluding hydrogens is 245 g/mol. The first kappa shape index (κ1) is 12.9. The number of nitrogens with zero attached hydrogens (tertiary/aromatic N) is 1. The first-order valence-electron chi connectivity index (χ1n) is 5.78. The predicted molar refractivity (Wildman–Crippen MR) is 60.3 cm³/mol. The van der Waals surface area contributed by atoms with Gasteiger partial charge in [-0.3, -0.25) is 4.79 Å². The summed E-state index contributed by atoms with van der Waals surface area (Å²) in [5, 5.41) is 0. The topological polar surface area (TPSA) is 56.0 Å². The molecule has 0 amide bonds. The Morgan fingerprint density at radius 3 is 2.28 bits per heavy atom. The minimum Gasteiger partial charge on any atom is -0.383 e. The summed E-state index contributed by atoms with van der Waals surface area (Å²) in [5.74, 6) is -0.321. The van der Waals surface area contributed by atoms with Crippen molar-refractivity contribution >= 4 is 12.1 Å². The minimum atomic E-state index is -4.52. The average molecular weight is 258 g/mol. The molecule has 1 aliphatic carbocycles. The fraction of sp³-hybridized carbons (Fsp3) is 0.500. The monoisotopic (exact) mass is 258 g/mol. The molecule has 1 aromatic heterocycles. The third kappa shape index (κ3) is 2.19. The molecule has 0 aromatic carbocycles. The van der Waals surface area contributed by atoms with Crippen LogP contribution in [0.4, 0.5) is 19.0 Å². The van der Waals surface area contributed by atoms with Crippen LogP contribution in [0.2, 0.25) is 0 Å². The van der Waals surface area contributed by atoms with Crippen LogP contribution < -0.4 is 5.73 Å². The van der Waals surface area contributed by atoms with Gasteiger partial charge in [0.15, 0.2) is 6.29 Å². The molecule has 1 heterocycles. The highest BCUT2D eigenvalue weighted by atomic mass is 19.4. The zero-order valence-corrected chi connectivity index (χ0v) is 9.68. The van der Waals surface area contributed by atoms with E-state index in [-0.39, 0.29) is 16.9 Å². The van der Waals surface area contributed by atoms with Gasteiger partial charge in [-0.15, -0.1) is 0 Å². The molecular formula is C12H13F3N2O. The lowest BCUT2D eigenvalue weighted by atomic mass is 9.96. The molecule has 0 fully saturated rings. The van der Waals surface area contributed by atoms with Crippen LogP contribution in [-0.4, -0.2) is 11.3 Å². The molecule has 0 aliphatic heterocycles. The van der Waals surface area contributed by atoms with Crippen molar-refractivity contribution in [1.82, 2.24) is 4.98 Å². The standard InChI is InChI=1S/C12H13F3N2O/c13-12(14,15)10-8-5-3-1-2-4-7(8)9(6-18)11(16)17-10/h6H,1-5H2,(H2,16,17). The average Bonchev–Trinajstić information content (AvgIpc) is 2.52. The third-order valence-corrected chi connectivity index (χ3v) is 3.22. The zero-order valence-electron chi connectivity index (χ0n) is 9.68. The summed E-state index contributed by atoms with van der Waals surface area (Å²) in [7, 11) is 0. The molecule has 0 saturated carbocycles. The summed E-state index contributed by atoms with van der Waals surface area (Å²) >= 11 is 0. The SMILES string of the molecule is Nc1nc(C(F)(F)F)c2c(c1C=O)CCCCC2. The zero-order chi connectivity index (χ0) is 13.3. The van der Waals surface area contributed by atoms with E-state index < -0.39 is 11.9 Å². The first-order valence-corrected chi connectivity index (χ1v) is 5.78. The summed E-state index contributed by atoms with van der Waals surface area (Å²) in [6.07, 6.45) is -0.952. The van der Waals surface area contributed by atoms with Crippen molar-refractivity contribution in [3.05, 3.63) is 22.4 Å². The quantitative estimate of drug-likeness (QED) is 0.622. The van der Waals surface area contributed by atoms with Gasteiger partial charge in [-0.05, 0) is 36.8 Å². The van der Waals surface area contributed by atoms with Crippen molar-refractivity contribution in [2.75, 3.05) is 5.73 Å². The highest BCUT2D eigenvalue weighted by Gasteiger charge is 2.37. The largest absolute Gasteiger partial charge is 0.433 e. The van der Waals surface area contributed by atoms with Gasteiger partial charge in [0.25, 0.3) is 0 Å². The van der Waals surface area contributed by atoms with Gasteiger partial charge in [-0.2, -0.15) is 13.2 Å². The molecule has 2 N–H and O–H groups in total. The van der Waals surface area contributed by atoms with Crippen LogP contribution in [0.15, 0.2) is 0 Å². The number of rotatable bonds is 1. The second kappa shape index (κ2) is 4.59. The summed E-state index contributed by atoms with van der Waals surface area (Å²) in [6, 6.07) is 0. The Labute approximate surface area is 102 Å². The number of carbonyl (C=O) groups is 1. The van der Waals surface area contributed by atoms with Crippen LogP contribution in [0.5, 0.6) is 0 Å². The molecule has 1 aliphatic rings. The third-order valence-electron chi connectivity index (χ3n) is 3.22. The van der Waals surface area contributed by atoms with Crippen LogP contribution in [0.25, 0.3) is 0 Å². The van der Waals surface area contributed by atoms with Gasteiger partial charge in [-0.25, -0.2) is 4.98 Å². The molecule has 3 nitrogen and oxygen atoms in total. The number of anilines is 1. The molecule has 0 spiro atoms. The van der Waals surface area contributed by atoms with Gasteiger partial charge in [-0.1, -0.05) is 6.42 Å². The number of hydrogen-bond acceptors (Lipinski definition) is 3. The van der Waals surface area contributed by atoms with E-state index in [2.05, 4.69) is 4.98 Å². The van der Waals surface area contributed by atoms with Crippen molar-refractivity contribution in [2.45, 2.75) is 38.3 Å². The van der Waals surface area contributed by atoms with E-state index in [0.29, 0.717) is 31.1 Å². The number of fused-ring (bicyclic) bond motifs is 1. The van der Waals surface area contributed by atoms with Gasteiger partial charge < -0.3 is 5.73 Å². The summed E-state index contributed by atoms with van der Waals surface area (Å²) in [5.41, 5.74) is 5.24. The molecule has 98 valence electrons. The van der Waals surface area contributed by atoms with Gasteiger partial charge >= 0.3 is 6.18 Å². The van der Waals surface area contributed by atoms with Gasteiger partial charge in [0.2, 0.25) is 0 Å². The fourth-order valence-corrected chi connectivity index (χ4v) is 2.41. The number of aromatic nitrogens is 1. The number of carbonyl (C=O) groups excluding carboxylic acids is 1. The number of nitrogens with two attached hydrogens (primary N) is 1. The molecule has 0 bridgehead atoms. The van der Waals surface area contributed by atoms with Crippen LogP contribution in [0, 0.1) is 0 Å². The van der Waals surface area contributed by atoms with E-state index >= 15 is 0 Å². The second-order valence-electron chi connectivity index (χ2n) is 4.39. The molecule has 0 unspecified atom stereocenters. The van der Waals surface area contributed by atoms with Crippen LogP contribution in [-0.2, 0) is 19.0 Å². The van der Waals surface area contributed by atoms with Crippen molar-refractivity contribution in [3.8, 4) is 0 Å². The van der Waals surface area contributed by atoms with E-state index in [4.69, 9.17) is 5.73 Å². The number of aldehydes is 1.